The van der Waals surface area contributed by atoms with Crippen molar-refractivity contribution < 1.29 is 80.2 Å². The molecule has 0 radical (unpaired) electrons. The molecule has 17 nitrogen and oxygen atoms in total. The van der Waals surface area contributed by atoms with Gasteiger partial charge in [-0.25, -0.2) is 9.13 Å². The number of rotatable bonds is 78. The zero-order valence-electron chi connectivity index (χ0n) is 63.2. The average Bonchev–Trinajstić information content (AvgIpc) is 1.64. The lowest BCUT2D eigenvalue weighted by Crippen LogP contribution is -2.30. The van der Waals surface area contributed by atoms with Crippen LogP contribution >= 0.6 is 15.6 Å². The van der Waals surface area contributed by atoms with Gasteiger partial charge in [0.15, 0.2) is 12.2 Å². The van der Waals surface area contributed by atoms with Gasteiger partial charge in [0.05, 0.1) is 26.4 Å². The van der Waals surface area contributed by atoms with E-state index in [2.05, 4.69) is 34.6 Å². The Morgan fingerprint density at radius 2 is 0.495 bits per heavy atom. The molecule has 0 aromatic carbocycles. The van der Waals surface area contributed by atoms with Gasteiger partial charge in [-0.1, -0.05) is 362 Å². The molecule has 0 aliphatic heterocycles. The molecule has 3 N–H and O–H groups in total. The fourth-order valence-corrected chi connectivity index (χ4v) is 13.6. The van der Waals surface area contributed by atoms with Crippen molar-refractivity contribution >= 4 is 39.5 Å². The fraction of sp³-hybridized carbons (Fsp3) is 0.949. The van der Waals surface area contributed by atoms with E-state index in [1.807, 2.05) is 0 Å². The van der Waals surface area contributed by atoms with Crippen molar-refractivity contribution in [2.45, 2.75) is 432 Å². The number of ether oxygens (including phenoxy) is 4. The van der Waals surface area contributed by atoms with E-state index in [0.29, 0.717) is 25.7 Å². The lowest BCUT2D eigenvalue weighted by atomic mass is 9.99. The van der Waals surface area contributed by atoms with Crippen molar-refractivity contribution in [1.82, 2.24) is 0 Å². The molecule has 0 amide bonds. The molecule has 576 valence electrons. The largest absolute Gasteiger partial charge is 0.472 e. The molecule has 19 heteroatoms. The Balaban J connectivity index is 5.15. The third-order valence-corrected chi connectivity index (χ3v) is 20.5. The van der Waals surface area contributed by atoms with Gasteiger partial charge in [-0.3, -0.25) is 37.3 Å². The van der Waals surface area contributed by atoms with E-state index in [4.69, 9.17) is 37.0 Å². The summed E-state index contributed by atoms with van der Waals surface area (Å²) in [7, 11) is -9.90. The SMILES string of the molecule is CCCCCCCCCCCCCCCCCCCC(=O)OC[C@H](COP(=O)(O)OC[C@@H](O)COP(=O)(O)OC[C@@H](COC(=O)CCCCCCCCC)OC(=O)CCCCCCCCCCCCC)OC(=O)CCCCCCCCCCCCCCCCCCCCC(C)CC. The number of hydrogen-bond acceptors (Lipinski definition) is 15. The van der Waals surface area contributed by atoms with Gasteiger partial charge in [0, 0.05) is 25.7 Å². The molecule has 0 bridgehead atoms. The Kier molecular flexibility index (Phi) is 69.6. The van der Waals surface area contributed by atoms with Gasteiger partial charge < -0.3 is 33.8 Å². The van der Waals surface area contributed by atoms with Gasteiger partial charge in [0.25, 0.3) is 0 Å². The third-order valence-electron chi connectivity index (χ3n) is 18.6. The molecule has 0 aliphatic rings. The maximum Gasteiger partial charge on any atom is 0.472 e. The first-order chi connectivity index (χ1) is 47.1. The van der Waals surface area contributed by atoms with E-state index in [1.165, 1.54) is 225 Å². The van der Waals surface area contributed by atoms with Crippen molar-refractivity contribution in [3.8, 4) is 0 Å². The number of phosphoric acid groups is 2. The van der Waals surface area contributed by atoms with Crippen LogP contribution in [0, 0.1) is 5.92 Å². The zero-order valence-corrected chi connectivity index (χ0v) is 65.0. The molecule has 0 rings (SSSR count). The summed E-state index contributed by atoms with van der Waals surface area (Å²) in [5.74, 6) is -1.24. The van der Waals surface area contributed by atoms with Crippen molar-refractivity contribution in [2.75, 3.05) is 39.6 Å². The average molecular weight is 1420 g/mol. The highest BCUT2D eigenvalue weighted by atomic mass is 31.2. The fourth-order valence-electron chi connectivity index (χ4n) is 12.0. The highest BCUT2D eigenvalue weighted by Crippen LogP contribution is 2.45. The van der Waals surface area contributed by atoms with Crippen LogP contribution in [0.15, 0.2) is 0 Å². The third kappa shape index (κ3) is 70.9. The summed E-state index contributed by atoms with van der Waals surface area (Å²) >= 11 is 0. The molecule has 0 aliphatic carbocycles. The van der Waals surface area contributed by atoms with E-state index < -0.39 is 97.5 Å². The molecule has 0 aromatic rings. The monoisotopic (exact) mass is 1420 g/mol. The second-order valence-electron chi connectivity index (χ2n) is 28.3. The second-order valence-corrected chi connectivity index (χ2v) is 31.3. The number of aliphatic hydroxyl groups excluding tert-OH is 1. The molecule has 0 aromatic heterocycles. The first kappa shape index (κ1) is 95.1. The van der Waals surface area contributed by atoms with Crippen LogP contribution in [-0.4, -0.2) is 96.7 Å². The number of aliphatic hydroxyl groups is 1. The molecule has 6 atom stereocenters. The number of esters is 4. The zero-order chi connectivity index (χ0) is 71.2. The van der Waals surface area contributed by atoms with E-state index in [-0.39, 0.29) is 25.7 Å². The van der Waals surface area contributed by atoms with E-state index in [9.17, 15) is 43.2 Å². The maximum absolute atomic E-state index is 13.1. The Morgan fingerprint density at radius 3 is 0.732 bits per heavy atom. The van der Waals surface area contributed by atoms with Gasteiger partial charge in [0.1, 0.15) is 19.3 Å². The van der Waals surface area contributed by atoms with Crippen LogP contribution in [0.3, 0.4) is 0 Å². The molecule has 3 unspecified atom stereocenters. The highest BCUT2D eigenvalue weighted by Gasteiger charge is 2.30. The van der Waals surface area contributed by atoms with E-state index in [0.717, 1.165) is 109 Å². The smallest absolute Gasteiger partial charge is 0.462 e. The summed E-state index contributed by atoms with van der Waals surface area (Å²) in [6, 6.07) is 0. The topological polar surface area (TPSA) is 237 Å². The second kappa shape index (κ2) is 71.1. The molecule has 0 fully saturated rings. The highest BCUT2D eigenvalue weighted by molar-refractivity contribution is 7.47. The maximum atomic E-state index is 13.1. The van der Waals surface area contributed by atoms with Gasteiger partial charge in [-0.15, -0.1) is 0 Å². The predicted octanol–water partition coefficient (Wildman–Crippen LogP) is 23.3. The minimum absolute atomic E-state index is 0.107. The van der Waals surface area contributed by atoms with Gasteiger partial charge in [-0.2, -0.15) is 0 Å². The standard InChI is InChI=1S/C78H152O17P2/c1-6-10-13-16-19-21-23-24-25-28-32-35-39-42-47-52-57-62-76(81)89-68-74(95-78(83)64-59-54-49-44-40-36-33-30-27-26-29-31-34-38-41-46-50-55-60-71(5)9-4)70-93-97(86,87)91-66-72(79)65-90-96(84,85)92-69-73(67-88-75(80)61-56-51-45-18-15-12-8-3)94-77(82)63-58-53-48-43-37-22-20-17-14-11-7-2/h71-74,79H,6-70H2,1-5H3,(H,84,85)(H,86,87)/t71?,72-,73+,74+/m0/s1. The first-order valence-electron chi connectivity index (χ1n) is 40.7. The molecule has 0 saturated carbocycles. The lowest BCUT2D eigenvalue weighted by molar-refractivity contribution is -0.161. The van der Waals surface area contributed by atoms with Crippen LogP contribution in [0.5, 0.6) is 0 Å². The molecular formula is C78H152O17P2. The number of phosphoric ester groups is 2. The summed E-state index contributed by atoms with van der Waals surface area (Å²) in [6.45, 7) is 7.33. The van der Waals surface area contributed by atoms with Crippen LogP contribution < -0.4 is 0 Å². The van der Waals surface area contributed by atoms with E-state index >= 15 is 0 Å². The number of carbonyl (C=O) groups is 4. The molecule has 97 heavy (non-hydrogen) atoms. The van der Waals surface area contributed by atoms with Gasteiger partial charge >= 0.3 is 39.5 Å². The van der Waals surface area contributed by atoms with Crippen LogP contribution in [-0.2, 0) is 65.4 Å². The van der Waals surface area contributed by atoms with Crippen molar-refractivity contribution in [3.05, 3.63) is 0 Å². The summed E-state index contributed by atoms with van der Waals surface area (Å²) in [4.78, 5) is 72.7. The van der Waals surface area contributed by atoms with Crippen LogP contribution in [0.25, 0.3) is 0 Å². The lowest BCUT2D eigenvalue weighted by Gasteiger charge is -2.21. The predicted molar refractivity (Wildman–Crippen MR) is 395 cm³/mol. The minimum Gasteiger partial charge on any atom is -0.462 e. The summed E-state index contributed by atoms with van der Waals surface area (Å²) in [6.07, 6.45) is 61.2. The van der Waals surface area contributed by atoms with Crippen LogP contribution in [0.4, 0.5) is 0 Å². The first-order valence-corrected chi connectivity index (χ1v) is 43.7. The Bertz CT molecular complexity index is 1860. The quantitative estimate of drug-likeness (QED) is 0.0222. The van der Waals surface area contributed by atoms with Crippen LogP contribution in [0.2, 0.25) is 0 Å². The summed E-state index contributed by atoms with van der Waals surface area (Å²) < 4.78 is 68.4. The Labute approximate surface area is 594 Å². The molecule has 0 spiro atoms. The number of unbranched alkanes of at least 4 members (excludes halogenated alkanes) is 49. The van der Waals surface area contributed by atoms with Gasteiger partial charge in [0.2, 0.25) is 0 Å². The molecule has 0 heterocycles. The Hall–Kier alpha value is -1.94. The van der Waals surface area contributed by atoms with Crippen molar-refractivity contribution in [2.24, 2.45) is 5.92 Å². The van der Waals surface area contributed by atoms with E-state index in [1.54, 1.807) is 0 Å². The van der Waals surface area contributed by atoms with Crippen molar-refractivity contribution in [3.63, 3.8) is 0 Å². The van der Waals surface area contributed by atoms with Crippen molar-refractivity contribution in [1.29, 1.82) is 0 Å². The summed E-state index contributed by atoms with van der Waals surface area (Å²) in [5.41, 5.74) is 0. The Morgan fingerprint density at radius 1 is 0.289 bits per heavy atom. The summed E-state index contributed by atoms with van der Waals surface area (Å²) in [5, 5.41) is 10.6. The normalized spacial score (nSPS) is 14.2. The minimum atomic E-state index is -4.96. The molecular weight excluding hydrogens is 1270 g/mol. The number of carbonyl (C=O) groups excluding carboxylic acids is 4. The van der Waals surface area contributed by atoms with Crippen LogP contribution in [0.1, 0.15) is 413 Å². The van der Waals surface area contributed by atoms with Gasteiger partial charge in [-0.05, 0) is 31.6 Å². The molecule has 0 saturated heterocycles. The number of hydrogen-bond donors (Lipinski definition) is 3.